The standard InChI is InChI=1S/C11H16Cl2N2O/c1-11(2,14)6-15-7-4-5-8(16-3)10(13)9(7)12/h4-5,15H,6,14H2,1-3H3. The number of anilines is 1. The molecular formula is C11H16Cl2N2O. The van der Waals surface area contributed by atoms with Gasteiger partial charge in [-0.25, -0.2) is 0 Å². The molecule has 5 heteroatoms. The third-order valence-electron chi connectivity index (χ3n) is 2.00. The number of hydrogen-bond donors (Lipinski definition) is 2. The van der Waals surface area contributed by atoms with E-state index in [9.17, 15) is 0 Å². The van der Waals surface area contributed by atoms with Gasteiger partial charge in [0.25, 0.3) is 0 Å². The zero-order valence-corrected chi connectivity index (χ0v) is 11.1. The van der Waals surface area contributed by atoms with Crippen LogP contribution in [0.25, 0.3) is 0 Å². The van der Waals surface area contributed by atoms with Gasteiger partial charge in [-0.2, -0.15) is 0 Å². The largest absolute Gasteiger partial charge is 0.495 e. The van der Waals surface area contributed by atoms with E-state index in [0.29, 0.717) is 22.3 Å². The van der Waals surface area contributed by atoms with Gasteiger partial charge >= 0.3 is 0 Å². The summed E-state index contributed by atoms with van der Waals surface area (Å²) in [6, 6.07) is 3.58. The lowest BCUT2D eigenvalue weighted by Gasteiger charge is -2.20. The predicted molar refractivity (Wildman–Crippen MR) is 69.8 cm³/mol. The van der Waals surface area contributed by atoms with Crippen molar-refractivity contribution < 1.29 is 4.74 Å². The van der Waals surface area contributed by atoms with Crippen LogP contribution >= 0.6 is 23.2 Å². The summed E-state index contributed by atoms with van der Waals surface area (Å²) in [6.07, 6.45) is 0. The Hall–Kier alpha value is -0.640. The van der Waals surface area contributed by atoms with Crippen LogP contribution in [0.15, 0.2) is 12.1 Å². The minimum atomic E-state index is -0.310. The van der Waals surface area contributed by atoms with Gasteiger partial charge in [-0.05, 0) is 26.0 Å². The van der Waals surface area contributed by atoms with E-state index >= 15 is 0 Å². The molecule has 0 aliphatic rings. The van der Waals surface area contributed by atoms with Gasteiger partial charge in [0.2, 0.25) is 0 Å². The first-order valence-electron chi connectivity index (χ1n) is 4.90. The van der Waals surface area contributed by atoms with Crippen LogP contribution in [-0.4, -0.2) is 19.2 Å². The van der Waals surface area contributed by atoms with Crippen LogP contribution in [0.1, 0.15) is 13.8 Å². The molecule has 16 heavy (non-hydrogen) atoms. The molecule has 0 amide bonds. The highest BCUT2D eigenvalue weighted by molar-refractivity contribution is 6.44. The molecule has 1 aromatic carbocycles. The van der Waals surface area contributed by atoms with Crippen molar-refractivity contribution in [2.75, 3.05) is 19.0 Å². The molecule has 0 fully saturated rings. The Morgan fingerprint density at radius 2 is 1.94 bits per heavy atom. The fourth-order valence-corrected chi connectivity index (χ4v) is 1.61. The molecule has 3 N–H and O–H groups in total. The molecule has 0 heterocycles. The van der Waals surface area contributed by atoms with Gasteiger partial charge < -0.3 is 15.8 Å². The summed E-state index contributed by atoms with van der Waals surface area (Å²) in [5.74, 6) is 0.559. The van der Waals surface area contributed by atoms with Gasteiger partial charge in [-0.15, -0.1) is 0 Å². The Labute approximate surface area is 106 Å². The topological polar surface area (TPSA) is 47.3 Å². The molecule has 0 spiro atoms. The smallest absolute Gasteiger partial charge is 0.139 e. The lowest BCUT2D eigenvalue weighted by molar-refractivity contribution is 0.415. The molecule has 0 aliphatic heterocycles. The molecule has 0 saturated carbocycles. The zero-order chi connectivity index (χ0) is 12.3. The Kier molecular flexibility index (Phi) is 4.30. The lowest BCUT2D eigenvalue weighted by atomic mass is 10.1. The molecule has 0 bridgehead atoms. The number of rotatable bonds is 4. The summed E-state index contributed by atoms with van der Waals surface area (Å²) in [7, 11) is 1.55. The number of nitrogens with two attached hydrogens (primary N) is 1. The monoisotopic (exact) mass is 262 g/mol. The molecule has 0 aliphatic carbocycles. The van der Waals surface area contributed by atoms with Crippen molar-refractivity contribution in [1.29, 1.82) is 0 Å². The highest BCUT2D eigenvalue weighted by Gasteiger charge is 2.14. The average Bonchev–Trinajstić information content (AvgIpc) is 2.19. The van der Waals surface area contributed by atoms with E-state index in [2.05, 4.69) is 5.32 Å². The van der Waals surface area contributed by atoms with E-state index in [1.54, 1.807) is 13.2 Å². The van der Waals surface area contributed by atoms with Crippen molar-refractivity contribution in [3.8, 4) is 5.75 Å². The molecule has 0 unspecified atom stereocenters. The molecule has 0 aromatic heterocycles. The lowest BCUT2D eigenvalue weighted by Crippen LogP contribution is -2.39. The Bertz CT molecular complexity index is 375. The first kappa shape index (κ1) is 13.4. The maximum atomic E-state index is 6.09. The van der Waals surface area contributed by atoms with Crippen LogP contribution in [0.3, 0.4) is 0 Å². The first-order valence-corrected chi connectivity index (χ1v) is 5.65. The number of benzene rings is 1. The number of hydrogen-bond acceptors (Lipinski definition) is 3. The quantitative estimate of drug-likeness (QED) is 0.877. The van der Waals surface area contributed by atoms with Crippen LogP contribution in [0.4, 0.5) is 5.69 Å². The van der Waals surface area contributed by atoms with Gasteiger partial charge in [0.1, 0.15) is 10.8 Å². The third kappa shape index (κ3) is 3.44. The number of methoxy groups -OCH3 is 1. The fraction of sp³-hybridized carbons (Fsp3) is 0.455. The molecule has 3 nitrogen and oxygen atoms in total. The maximum absolute atomic E-state index is 6.09. The normalized spacial score (nSPS) is 11.4. The van der Waals surface area contributed by atoms with Gasteiger partial charge in [0.15, 0.2) is 0 Å². The highest BCUT2D eigenvalue weighted by atomic mass is 35.5. The van der Waals surface area contributed by atoms with Crippen molar-refractivity contribution in [2.24, 2.45) is 5.73 Å². The molecule has 1 rings (SSSR count). The summed E-state index contributed by atoms with van der Waals surface area (Å²) in [4.78, 5) is 0. The molecule has 0 radical (unpaired) electrons. The van der Waals surface area contributed by atoms with Crippen LogP contribution in [0, 0.1) is 0 Å². The van der Waals surface area contributed by atoms with E-state index < -0.39 is 0 Å². The van der Waals surface area contributed by atoms with Crippen LogP contribution in [-0.2, 0) is 0 Å². The summed E-state index contributed by atoms with van der Waals surface area (Å²) in [5, 5.41) is 4.00. The highest BCUT2D eigenvalue weighted by Crippen LogP contribution is 2.37. The number of ether oxygens (including phenoxy) is 1. The first-order chi connectivity index (χ1) is 7.35. The molecular weight excluding hydrogens is 247 g/mol. The minimum Gasteiger partial charge on any atom is -0.495 e. The summed E-state index contributed by atoms with van der Waals surface area (Å²) >= 11 is 12.1. The predicted octanol–water partition coefficient (Wildman–Crippen LogP) is 3.15. The van der Waals surface area contributed by atoms with Gasteiger partial charge in [0.05, 0.1) is 17.8 Å². The SMILES string of the molecule is COc1ccc(NCC(C)(C)N)c(Cl)c1Cl. The second-order valence-electron chi connectivity index (χ2n) is 4.29. The average molecular weight is 263 g/mol. The third-order valence-corrected chi connectivity index (χ3v) is 2.87. The van der Waals surface area contributed by atoms with Gasteiger partial charge in [0, 0.05) is 12.1 Å². The fourth-order valence-electron chi connectivity index (χ4n) is 1.15. The van der Waals surface area contributed by atoms with E-state index in [0.717, 1.165) is 5.69 Å². The van der Waals surface area contributed by atoms with Crippen molar-refractivity contribution in [3.05, 3.63) is 22.2 Å². The van der Waals surface area contributed by atoms with Crippen LogP contribution in [0.5, 0.6) is 5.75 Å². The van der Waals surface area contributed by atoms with Gasteiger partial charge in [-0.1, -0.05) is 23.2 Å². The summed E-state index contributed by atoms with van der Waals surface area (Å²) in [6.45, 7) is 4.47. The van der Waals surface area contributed by atoms with E-state index in [-0.39, 0.29) is 5.54 Å². The van der Waals surface area contributed by atoms with E-state index in [4.69, 9.17) is 33.7 Å². The molecule has 0 atom stereocenters. The van der Waals surface area contributed by atoms with E-state index in [1.807, 2.05) is 19.9 Å². The Morgan fingerprint density at radius 1 is 1.31 bits per heavy atom. The molecule has 90 valence electrons. The van der Waals surface area contributed by atoms with Crippen molar-refractivity contribution in [3.63, 3.8) is 0 Å². The molecule has 1 aromatic rings. The Balaban J connectivity index is 2.87. The number of nitrogens with one attached hydrogen (secondary N) is 1. The minimum absolute atomic E-state index is 0.310. The molecule has 0 saturated heterocycles. The second-order valence-corrected chi connectivity index (χ2v) is 5.04. The van der Waals surface area contributed by atoms with E-state index in [1.165, 1.54) is 0 Å². The number of halogens is 2. The van der Waals surface area contributed by atoms with Gasteiger partial charge in [-0.3, -0.25) is 0 Å². The maximum Gasteiger partial charge on any atom is 0.139 e. The van der Waals surface area contributed by atoms with Crippen molar-refractivity contribution in [1.82, 2.24) is 0 Å². The zero-order valence-electron chi connectivity index (χ0n) is 9.60. The second kappa shape index (κ2) is 5.13. The Morgan fingerprint density at radius 3 is 2.44 bits per heavy atom. The van der Waals surface area contributed by atoms with Crippen LogP contribution in [0.2, 0.25) is 10.0 Å². The summed E-state index contributed by atoms with van der Waals surface area (Å²) in [5.41, 5.74) is 6.31. The van der Waals surface area contributed by atoms with Crippen molar-refractivity contribution >= 4 is 28.9 Å². The summed E-state index contributed by atoms with van der Waals surface area (Å²) < 4.78 is 5.06. The van der Waals surface area contributed by atoms with Crippen molar-refractivity contribution in [2.45, 2.75) is 19.4 Å². The van der Waals surface area contributed by atoms with Crippen LogP contribution < -0.4 is 15.8 Å².